The van der Waals surface area contributed by atoms with Crippen LogP contribution in [0.2, 0.25) is 0 Å². The first-order chi connectivity index (χ1) is 7.29. The Balaban J connectivity index is 2.75. The van der Waals surface area contributed by atoms with Crippen LogP contribution in [0.3, 0.4) is 0 Å². The molecule has 15 heavy (non-hydrogen) atoms. The molecule has 0 amide bonds. The highest BCUT2D eigenvalue weighted by Gasteiger charge is 2.25. The zero-order chi connectivity index (χ0) is 11.1. The summed E-state index contributed by atoms with van der Waals surface area (Å²) in [5.41, 5.74) is 0. The van der Waals surface area contributed by atoms with Gasteiger partial charge in [0.15, 0.2) is 5.92 Å². The Hall–Kier alpha value is -1.82. The first-order valence-corrected chi connectivity index (χ1v) is 4.87. The predicted octanol–water partition coefficient (Wildman–Crippen LogP) is 1.99. The van der Waals surface area contributed by atoms with E-state index in [-0.39, 0.29) is 5.92 Å². The fourth-order valence-electron chi connectivity index (χ4n) is 1.33. The number of carbonyl (C=O) groups is 1. The molecular weight excluding hydrogens is 190 g/mol. The van der Waals surface area contributed by atoms with Crippen molar-refractivity contribution in [3.05, 3.63) is 36.5 Å². The van der Waals surface area contributed by atoms with Crippen molar-refractivity contribution >= 4 is 5.97 Å². The van der Waals surface area contributed by atoms with E-state index in [4.69, 9.17) is 10.00 Å². The van der Waals surface area contributed by atoms with Crippen molar-refractivity contribution in [3.63, 3.8) is 0 Å². The van der Waals surface area contributed by atoms with E-state index >= 15 is 0 Å². The van der Waals surface area contributed by atoms with Crippen LogP contribution >= 0.6 is 0 Å². The molecule has 0 saturated carbocycles. The van der Waals surface area contributed by atoms with Crippen molar-refractivity contribution < 1.29 is 9.53 Å². The Bertz CT molecular complexity index is 331. The van der Waals surface area contributed by atoms with Gasteiger partial charge in [-0.2, -0.15) is 5.26 Å². The molecule has 1 aliphatic carbocycles. The Morgan fingerprint density at radius 1 is 1.40 bits per heavy atom. The van der Waals surface area contributed by atoms with Crippen molar-refractivity contribution in [1.29, 1.82) is 5.26 Å². The van der Waals surface area contributed by atoms with Crippen LogP contribution in [0.5, 0.6) is 0 Å². The third-order valence-electron chi connectivity index (χ3n) is 2.06. The number of hydrogen-bond acceptors (Lipinski definition) is 3. The van der Waals surface area contributed by atoms with E-state index in [1.54, 1.807) is 6.92 Å². The van der Waals surface area contributed by atoms with E-state index in [9.17, 15) is 4.79 Å². The monoisotopic (exact) mass is 203 g/mol. The topological polar surface area (TPSA) is 50.1 Å². The van der Waals surface area contributed by atoms with Gasteiger partial charge in [-0.05, 0) is 6.92 Å². The van der Waals surface area contributed by atoms with E-state index in [1.165, 1.54) is 0 Å². The second-order valence-corrected chi connectivity index (χ2v) is 3.09. The van der Waals surface area contributed by atoms with Crippen molar-refractivity contribution in [2.24, 2.45) is 11.8 Å². The third kappa shape index (κ3) is 3.10. The van der Waals surface area contributed by atoms with Gasteiger partial charge < -0.3 is 4.74 Å². The van der Waals surface area contributed by atoms with Gasteiger partial charge in [-0.3, -0.25) is 4.79 Å². The van der Waals surface area contributed by atoms with E-state index in [0.717, 1.165) is 0 Å². The molecule has 1 atom stereocenters. The van der Waals surface area contributed by atoms with E-state index in [0.29, 0.717) is 6.61 Å². The minimum absolute atomic E-state index is 0.205. The lowest BCUT2D eigenvalue weighted by molar-refractivity contribution is -0.146. The van der Waals surface area contributed by atoms with Crippen LogP contribution in [-0.4, -0.2) is 12.6 Å². The Morgan fingerprint density at radius 3 is 2.47 bits per heavy atom. The zero-order valence-corrected chi connectivity index (χ0v) is 8.59. The molecule has 0 heterocycles. The van der Waals surface area contributed by atoms with Crippen LogP contribution in [0.1, 0.15) is 6.92 Å². The number of rotatable bonds is 3. The van der Waals surface area contributed by atoms with Gasteiger partial charge in [-0.1, -0.05) is 36.5 Å². The van der Waals surface area contributed by atoms with Gasteiger partial charge >= 0.3 is 5.97 Å². The molecule has 0 bridgehead atoms. The van der Waals surface area contributed by atoms with Gasteiger partial charge in [0.25, 0.3) is 0 Å². The van der Waals surface area contributed by atoms with E-state index < -0.39 is 11.9 Å². The summed E-state index contributed by atoms with van der Waals surface area (Å²) in [7, 11) is 0. The molecule has 1 aliphatic rings. The fourth-order valence-corrected chi connectivity index (χ4v) is 1.33. The number of carbonyl (C=O) groups excluding carboxylic acids is 1. The highest BCUT2D eigenvalue weighted by Crippen LogP contribution is 2.18. The van der Waals surface area contributed by atoms with Crippen molar-refractivity contribution in [2.75, 3.05) is 6.61 Å². The number of ether oxygens (including phenoxy) is 1. The fraction of sp³-hybridized carbons (Fsp3) is 0.333. The van der Waals surface area contributed by atoms with Crippen molar-refractivity contribution in [3.8, 4) is 6.07 Å². The zero-order valence-electron chi connectivity index (χ0n) is 8.59. The number of hydrogen-bond donors (Lipinski definition) is 0. The standard InChI is InChI=1S/C12H13NO2/c1-2-15-12(14)11(9-13)10-7-5-3-4-6-8-10/h3-8,10-11H,2H2,1H3. The molecule has 3 nitrogen and oxygen atoms in total. The van der Waals surface area contributed by atoms with Crippen molar-refractivity contribution in [1.82, 2.24) is 0 Å². The molecule has 0 radical (unpaired) electrons. The summed E-state index contributed by atoms with van der Waals surface area (Å²) in [5.74, 6) is -1.41. The summed E-state index contributed by atoms with van der Waals surface area (Å²) in [6, 6.07) is 1.98. The molecule has 3 heteroatoms. The van der Waals surface area contributed by atoms with Gasteiger partial charge in [0.1, 0.15) is 0 Å². The summed E-state index contributed by atoms with van der Waals surface area (Å²) >= 11 is 0. The summed E-state index contributed by atoms with van der Waals surface area (Å²) in [6.07, 6.45) is 11.0. The summed E-state index contributed by atoms with van der Waals surface area (Å²) in [5, 5.41) is 8.93. The van der Waals surface area contributed by atoms with Crippen LogP contribution in [0.25, 0.3) is 0 Å². The van der Waals surface area contributed by atoms with Gasteiger partial charge in [0.2, 0.25) is 0 Å². The lowest BCUT2D eigenvalue weighted by atomic mass is 9.93. The molecule has 0 aromatic heterocycles. The first-order valence-electron chi connectivity index (χ1n) is 4.87. The van der Waals surface area contributed by atoms with Gasteiger partial charge in [0, 0.05) is 5.92 Å². The maximum Gasteiger partial charge on any atom is 0.324 e. The largest absolute Gasteiger partial charge is 0.465 e. The number of allylic oxidation sites excluding steroid dienone is 6. The molecule has 1 unspecified atom stereocenters. The molecule has 0 spiro atoms. The number of nitriles is 1. The summed E-state index contributed by atoms with van der Waals surface area (Å²) < 4.78 is 4.84. The quantitative estimate of drug-likeness (QED) is 0.659. The van der Waals surface area contributed by atoms with E-state index in [2.05, 4.69) is 0 Å². The number of nitrogens with zero attached hydrogens (tertiary/aromatic N) is 1. The average molecular weight is 203 g/mol. The lowest BCUT2D eigenvalue weighted by Gasteiger charge is -2.12. The van der Waals surface area contributed by atoms with Crippen LogP contribution in [0.4, 0.5) is 0 Å². The lowest BCUT2D eigenvalue weighted by Crippen LogP contribution is -2.22. The number of esters is 1. The van der Waals surface area contributed by atoms with Crippen LogP contribution in [-0.2, 0) is 9.53 Å². The maximum absolute atomic E-state index is 11.5. The van der Waals surface area contributed by atoms with Gasteiger partial charge in [-0.25, -0.2) is 0 Å². The predicted molar refractivity (Wildman–Crippen MR) is 56.6 cm³/mol. The highest BCUT2D eigenvalue weighted by atomic mass is 16.5. The molecular formula is C12H13NO2. The maximum atomic E-state index is 11.5. The van der Waals surface area contributed by atoms with Crippen LogP contribution in [0.15, 0.2) is 36.5 Å². The third-order valence-corrected chi connectivity index (χ3v) is 2.06. The Labute approximate surface area is 89.3 Å². The Morgan fingerprint density at radius 2 is 2.00 bits per heavy atom. The molecule has 0 aromatic carbocycles. The van der Waals surface area contributed by atoms with Crippen LogP contribution < -0.4 is 0 Å². The summed E-state index contributed by atoms with van der Waals surface area (Å²) in [6.45, 7) is 2.03. The highest BCUT2D eigenvalue weighted by molar-refractivity contribution is 5.76. The molecule has 0 fully saturated rings. The smallest absolute Gasteiger partial charge is 0.324 e. The van der Waals surface area contributed by atoms with Crippen LogP contribution in [0, 0.1) is 23.2 Å². The summed E-state index contributed by atoms with van der Waals surface area (Å²) in [4.78, 5) is 11.5. The molecule has 0 N–H and O–H groups in total. The molecule has 78 valence electrons. The minimum atomic E-state index is -0.752. The minimum Gasteiger partial charge on any atom is -0.465 e. The Kier molecular flexibility index (Phi) is 4.36. The average Bonchev–Trinajstić information content (AvgIpc) is 2.48. The molecule has 1 rings (SSSR count). The second-order valence-electron chi connectivity index (χ2n) is 3.09. The normalized spacial score (nSPS) is 16.8. The van der Waals surface area contributed by atoms with E-state index in [1.807, 2.05) is 42.5 Å². The van der Waals surface area contributed by atoms with Gasteiger partial charge in [0.05, 0.1) is 12.7 Å². The van der Waals surface area contributed by atoms with Gasteiger partial charge in [-0.15, -0.1) is 0 Å². The molecule has 0 aromatic rings. The first kappa shape index (κ1) is 11.3. The SMILES string of the molecule is CCOC(=O)C(C#N)C1C=CC=CC=C1. The second kappa shape index (κ2) is 5.82. The van der Waals surface area contributed by atoms with Crippen molar-refractivity contribution in [2.45, 2.75) is 6.92 Å². The molecule has 0 aliphatic heterocycles. The molecule has 0 saturated heterocycles.